The summed E-state index contributed by atoms with van der Waals surface area (Å²) in [6.45, 7) is 2.75. The molecule has 0 bridgehead atoms. The summed E-state index contributed by atoms with van der Waals surface area (Å²) >= 11 is 0. The van der Waals surface area contributed by atoms with Crippen molar-refractivity contribution in [3.63, 3.8) is 0 Å². The number of para-hydroxylation sites is 1. The van der Waals surface area contributed by atoms with Crippen molar-refractivity contribution < 1.29 is 19.4 Å². The van der Waals surface area contributed by atoms with Crippen LogP contribution in [-0.2, 0) is 19.5 Å². The number of benzene rings is 2. The molecule has 33 heavy (non-hydrogen) atoms. The summed E-state index contributed by atoms with van der Waals surface area (Å²) in [6, 6.07) is 12.9. The molecule has 0 atom stereocenters. The number of nitrogens with zero attached hydrogens (tertiary/aromatic N) is 3. The molecule has 8 nitrogen and oxygen atoms in total. The predicted octanol–water partition coefficient (Wildman–Crippen LogP) is 3.45. The van der Waals surface area contributed by atoms with Crippen molar-refractivity contribution in [2.24, 2.45) is 0 Å². The Hall–Kier alpha value is -3.81. The number of carbonyl (C=O) groups is 1. The first kappa shape index (κ1) is 22.4. The molecule has 0 saturated heterocycles. The molecule has 0 saturated carbocycles. The van der Waals surface area contributed by atoms with E-state index in [-0.39, 0.29) is 5.56 Å². The van der Waals surface area contributed by atoms with E-state index in [9.17, 15) is 14.7 Å². The zero-order valence-electron chi connectivity index (χ0n) is 19.0. The highest BCUT2D eigenvalue weighted by atomic mass is 16.5. The van der Waals surface area contributed by atoms with Crippen molar-refractivity contribution in [1.82, 2.24) is 14.5 Å². The van der Waals surface area contributed by atoms with E-state index < -0.39 is 17.3 Å². The van der Waals surface area contributed by atoms with Gasteiger partial charge in [0, 0.05) is 19.5 Å². The highest BCUT2D eigenvalue weighted by Gasteiger charge is 2.31. The van der Waals surface area contributed by atoms with E-state index in [1.165, 1.54) is 23.7 Å². The van der Waals surface area contributed by atoms with Crippen molar-refractivity contribution in [3.8, 4) is 23.1 Å². The fourth-order valence-corrected chi connectivity index (χ4v) is 4.16. The predicted molar refractivity (Wildman–Crippen MR) is 123 cm³/mol. The first-order valence-electron chi connectivity index (χ1n) is 10.9. The summed E-state index contributed by atoms with van der Waals surface area (Å²) in [7, 11) is 2.99. The van der Waals surface area contributed by atoms with Gasteiger partial charge in [-0.25, -0.2) is 0 Å². The largest absolute Gasteiger partial charge is 0.494 e. The van der Waals surface area contributed by atoms with Crippen LogP contribution in [0.15, 0.2) is 47.3 Å². The minimum atomic E-state index is -0.655. The fraction of sp³-hybridized carbons (Fsp3) is 0.320. The SMILES string of the molecule is CCCCc1nc(O)c(C(=O)N2Cc3ccccc3C2)c(=O)n1-c1c(OC)cccc1OC. The van der Waals surface area contributed by atoms with Crippen LogP contribution in [0.4, 0.5) is 0 Å². The monoisotopic (exact) mass is 449 g/mol. The van der Waals surface area contributed by atoms with Gasteiger partial charge in [0.15, 0.2) is 5.56 Å². The number of aromatic hydroxyl groups is 1. The van der Waals surface area contributed by atoms with Gasteiger partial charge in [0.2, 0.25) is 5.88 Å². The van der Waals surface area contributed by atoms with Crippen molar-refractivity contribution in [1.29, 1.82) is 0 Å². The Labute approximate surface area is 192 Å². The molecule has 1 amide bonds. The van der Waals surface area contributed by atoms with Crippen LogP contribution >= 0.6 is 0 Å². The van der Waals surface area contributed by atoms with Gasteiger partial charge in [-0.2, -0.15) is 4.98 Å². The molecule has 0 spiro atoms. The number of carbonyl (C=O) groups excluding carboxylic acids is 1. The zero-order chi connectivity index (χ0) is 23.5. The third-order valence-electron chi connectivity index (χ3n) is 5.85. The summed E-state index contributed by atoms with van der Waals surface area (Å²) in [5.74, 6) is 0.00812. The second-order valence-electron chi connectivity index (χ2n) is 7.91. The summed E-state index contributed by atoms with van der Waals surface area (Å²) in [6.07, 6.45) is 2.05. The van der Waals surface area contributed by atoms with Crippen molar-refractivity contribution in [2.45, 2.75) is 39.3 Å². The van der Waals surface area contributed by atoms with E-state index in [4.69, 9.17) is 9.47 Å². The Morgan fingerprint density at radius 1 is 1.03 bits per heavy atom. The van der Waals surface area contributed by atoms with Crippen LogP contribution in [0.3, 0.4) is 0 Å². The first-order valence-corrected chi connectivity index (χ1v) is 10.9. The van der Waals surface area contributed by atoms with Crippen LogP contribution in [0.1, 0.15) is 47.1 Å². The molecule has 1 N–H and O–H groups in total. The van der Waals surface area contributed by atoms with Crippen LogP contribution in [-0.4, -0.2) is 39.7 Å². The topological polar surface area (TPSA) is 93.9 Å². The van der Waals surface area contributed by atoms with Crippen molar-refractivity contribution in [3.05, 3.63) is 75.3 Å². The molecule has 1 aromatic heterocycles. The van der Waals surface area contributed by atoms with Gasteiger partial charge in [-0.05, 0) is 29.7 Å². The number of unbranched alkanes of at least 4 members (excludes halogenated alkanes) is 1. The standard InChI is InChI=1S/C25H27N3O5/c1-4-5-13-20-26-23(29)21(24(30)27-14-16-9-6-7-10-17(16)15-27)25(31)28(20)22-18(32-2)11-8-12-19(22)33-3/h6-12,29H,4-5,13-15H2,1-3H3. The molecule has 4 rings (SSSR count). The van der Waals surface area contributed by atoms with Gasteiger partial charge in [0.1, 0.15) is 23.0 Å². The first-order chi connectivity index (χ1) is 16.0. The third kappa shape index (κ3) is 4.04. The maximum Gasteiger partial charge on any atom is 0.275 e. The molecule has 1 aliphatic heterocycles. The highest BCUT2D eigenvalue weighted by Crippen LogP contribution is 2.33. The van der Waals surface area contributed by atoms with Gasteiger partial charge in [-0.3, -0.25) is 14.2 Å². The van der Waals surface area contributed by atoms with Crippen LogP contribution < -0.4 is 15.0 Å². The Balaban J connectivity index is 1.88. The van der Waals surface area contributed by atoms with E-state index >= 15 is 0 Å². The van der Waals surface area contributed by atoms with Gasteiger partial charge in [0.05, 0.1) is 14.2 Å². The molecule has 2 aromatic carbocycles. The number of hydrogen-bond acceptors (Lipinski definition) is 6. The average molecular weight is 450 g/mol. The molecule has 1 aliphatic rings. The molecule has 0 unspecified atom stereocenters. The molecule has 172 valence electrons. The molecule has 0 fully saturated rings. The van der Waals surface area contributed by atoms with E-state index in [1.807, 2.05) is 31.2 Å². The third-order valence-corrected chi connectivity index (χ3v) is 5.85. The lowest BCUT2D eigenvalue weighted by Crippen LogP contribution is -2.35. The van der Waals surface area contributed by atoms with E-state index in [0.29, 0.717) is 42.5 Å². The number of methoxy groups -OCH3 is 2. The fourth-order valence-electron chi connectivity index (χ4n) is 4.16. The van der Waals surface area contributed by atoms with Gasteiger partial charge >= 0.3 is 0 Å². The number of aryl methyl sites for hydroxylation is 1. The second kappa shape index (κ2) is 9.36. The molecule has 3 aromatic rings. The van der Waals surface area contributed by atoms with Gasteiger partial charge in [0.25, 0.3) is 11.5 Å². The minimum Gasteiger partial charge on any atom is -0.494 e. The van der Waals surface area contributed by atoms with Crippen LogP contribution in [0.5, 0.6) is 17.4 Å². The number of hydrogen-bond donors (Lipinski definition) is 1. The van der Waals surface area contributed by atoms with Gasteiger partial charge < -0.3 is 19.5 Å². The molecule has 2 heterocycles. The maximum absolute atomic E-state index is 13.8. The lowest BCUT2D eigenvalue weighted by Gasteiger charge is -2.21. The number of rotatable bonds is 7. The normalized spacial score (nSPS) is 12.5. The number of amides is 1. The van der Waals surface area contributed by atoms with Crippen molar-refractivity contribution >= 4 is 5.91 Å². The van der Waals surface area contributed by atoms with Gasteiger partial charge in [-0.1, -0.05) is 43.7 Å². The zero-order valence-corrected chi connectivity index (χ0v) is 19.0. The number of aromatic nitrogens is 2. The Kier molecular flexibility index (Phi) is 6.35. The Morgan fingerprint density at radius 2 is 1.64 bits per heavy atom. The van der Waals surface area contributed by atoms with Crippen LogP contribution in [0.25, 0.3) is 5.69 Å². The summed E-state index contributed by atoms with van der Waals surface area (Å²) in [5, 5.41) is 10.7. The lowest BCUT2D eigenvalue weighted by atomic mass is 10.1. The quantitative estimate of drug-likeness (QED) is 0.594. The number of ether oxygens (including phenoxy) is 2. The number of fused-ring (bicyclic) bond motifs is 1. The summed E-state index contributed by atoms with van der Waals surface area (Å²) < 4.78 is 12.3. The summed E-state index contributed by atoms with van der Waals surface area (Å²) in [5.41, 5.74) is 1.37. The Morgan fingerprint density at radius 3 is 2.18 bits per heavy atom. The van der Waals surface area contributed by atoms with Crippen LogP contribution in [0, 0.1) is 0 Å². The Bertz CT molecular complexity index is 1200. The summed E-state index contributed by atoms with van der Waals surface area (Å²) in [4.78, 5) is 33.1. The van der Waals surface area contributed by atoms with E-state index in [1.54, 1.807) is 18.2 Å². The molecule has 0 radical (unpaired) electrons. The molecule has 8 heteroatoms. The van der Waals surface area contributed by atoms with Gasteiger partial charge in [-0.15, -0.1) is 0 Å². The molecular weight excluding hydrogens is 422 g/mol. The molecular formula is C25H27N3O5. The minimum absolute atomic E-state index is 0.336. The van der Waals surface area contributed by atoms with E-state index in [2.05, 4.69) is 4.98 Å². The van der Waals surface area contributed by atoms with E-state index in [0.717, 1.165) is 24.0 Å². The highest BCUT2D eigenvalue weighted by molar-refractivity contribution is 5.96. The second-order valence-corrected chi connectivity index (χ2v) is 7.91. The smallest absolute Gasteiger partial charge is 0.275 e. The lowest BCUT2D eigenvalue weighted by molar-refractivity contribution is 0.0744. The average Bonchev–Trinajstić information content (AvgIpc) is 3.26. The van der Waals surface area contributed by atoms with Crippen LogP contribution in [0.2, 0.25) is 0 Å². The van der Waals surface area contributed by atoms with Crippen molar-refractivity contribution in [2.75, 3.05) is 14.2 Å². The molecule has 0 aliphatic carbocycles. The maximum atomic E-state index is 13.8.